The Labute approximate surface area is 102 Å². The number of hydrogen-bond donors (Lipinski definition) is 1. The minimum atomic E-state index is -3.16. The van der Waals surface area contributed by atoms with E-state index in [1.54, 1.807) is 6.07 Å². The predicted molar refractivity (Wildman–Crippen MR) is 64.8 cm³/mol. The predicted octanol–water partition coefficient (Wildman–Crippen LogP) is 1.35. The van der Waals surface area contributed by atoms with Crippen molar-refractivity contribution in [3.63, 3.8) is 0 Å². The summed E-state index contributed by atoms with van der Waals surface area (Å²) in [5, 5.41) is 2.49. The molecule has 0 unspecified atom stereocenters. The van der Waals surface area contributed by atoms with E-state index in [0.717, 1.165) is 6.26 Å². The Hall–Kier alpha value is -0.950. The fourth-order valence-electron chi connectivity index (χ4n) is 1.15. The maximum Gasteiger partial charge on any atom is 0.222 e. The molecule has 0 aliphatic heterocycles. The molecule has 0 saturated heterocycles. The fourth-order valence-corrected chi connectivity index (χ4v) is 2.32. The van der Waals surface area contributed by atoms with Gasteiger partial charge in [0.2, 0.25) is 5.91 Å². The normalized spacial score (nSPS) is 11.2. The quantitative estimate of drug-likeness (QED) is 0.914. The summed E-state index contributed by atoms with van der Waals surface area (Å²) in [6.07, 6.45) is 2.63. The molecule has 1 rings (SSSR count). The van der Waals surface area contributed by atoms with Crippen molar-refractivity contribution in [1.29, 1.82) is 0 Å². The first-order valence-electron chi connectivity index (χ1n) is 4.37. The van der Waals surface area contributed by atoms with Gasteiger partial charge < -0.3 is 5.32 Å². The summed E-state index contributed by atoms with van der Waals surface area (Å²) in [5.74, 6) is -0.166. The molecule has 7 heteroatoms. The molecular weight excluding hydrogens is 296 g/mol. The van der Waals surface area contributed by atoms with E-state index in [4.69, 9.17) is 0 Å². The SMILES string of the molecule is CC(=O)Nc1ncc(Br)cc1CS(C)(=O)=O. The van der Waals surface area contributed by atoms with Crippen LogP contribution in [0.4, 0.5) is 5.82 Å². The number of pyridine rings is 1. The van der Waals surface area contributed by atoms with Gasteiger partial charge in [-0.3, -0.25) is 4.79 Å². The average Bonchev–Trinajstić information content (AvgIpc) is 2.06. The van der Waals surface area contributed by atoms with Gasteiger partial charge >= 0.3 is 0 Å². The van der Waals surface area contributed by atoms with Crippen LogP contribution < -0.4 is 5.32 Å². The van der Waals surface area contributed by atoms with Crippen LogP contribution in [0.2, 0.25) is 0 Å². The Balaban J connectivity index is 3.13. The molecule has 88 valence electrons. The van der Waals surface area contributed by atoms with Crippen LogP contribution in [-0.4, -0.2) is 25.6 Å². The number of rotatable bonds is 3. The Morgan fingerprint density at radius 2 is 2.19 bits per heavy atom. The summed E-state index contributed by atoms with van der Waals surface area (Å²) in [5.41, 5.74) is 0.465. The number of carbonyl (C=O) groups is 1. The lowest BCUT2D eigenvalue weighted by Gasteiger charge is -2.08. The van der Waals surface area contributed by atoms with E-state index in [1.807, 2.05) is 0 Å². The number of aromatic nitrogens is 1. The van der Waals surface area contributed by atoms with Gasteiger partial charge in [-0.15, -0.1) is 0 Å². The van der Waals surface area contributed by atoms with Crippen LogP contribution >= 0.6 is 15.9 Å². The fraction of sp³-hybridized carbons (Fsp3) is 0.333. The zero-order chi connectivity index (χ0) is 12.3. The number of hydrogen-bond acceptors (Lipinski definition) is 4. The summed E-state index contributed by atoms with van der Waals surface area (Å²) in [6.45, 7) is 1.34. The van der Waals surface area contributed by atoms with Crippen molar-refractivity contribution in [3.8, 4) is 0 Å². The van der Waals surface area contributed by atoms with Gasteiger partial charge in [0, 0.05) is 29.4 Å². The van der Waals surface area contributed by atoms with Crippen molar-refractivity contribution < 1.29 is 13.2 Å². The van der Waals surface area contributed by atoms with E-state index in [2.05, 4.69) is 26.2 Å². The molecule has 0 atom stereocenters. The maximum atomic E-state index is 11.2. The van der Waals surface area contributed by atoms with Crippen molar-refractivity contribution in [2.75, 3.05) is 11.6 Å². The lowest BCUT2D eigenvalue weighted by Crippen LogP contribution is -2.12. The Kier molecular flexibility index (Phi) is 4.03. The Bertz CT molecular complexity index is 513. The molecule has 1 heterocycles. The maximum absolute atomic E-state index is 11.2. The summed E-state index contributed by atoms with van der Waals surface area (Å²) in [6, 6.07) is 1.62. The molecular formula is C9H11BrN2O3S. The number of anilines is 1. The highest BCUT2D eigenvalue weighted by Crippen LogP contribution is 2.20. The molecule has 1 amide bonds. The third-order valence-corrected chi connectivity index (χ3v) is 2.91. The highest BCUT2D eigenvalue weighted by Gasteiger charge is 2.12. The molecule has 0 aromatic carbocycles. The topological polar surface area (TPSA) is 76.1 Å². The zero-order valence-corrected chi connectivity index (χ0v) is 11.2. The largest absolute Gasteiger partial charge is 0.311 e. The third kappa shape index (κ3) is 4.28. The van der Waals surface area contributed by atoms with Gasteiger partial charge in [-0.1, -0.05) is 0 Å². The second kappa shape index (κ2) is 4.92. The summed E-state index contributed by atoms with van der Waals surface area (Å²) < 4.78 is 23.1. The minimum absolute atomic E-state index is 0.158. The monoisotopic (exact) mass is 306 g/mol. The van der Waals surface area contributed by atoms with Crippen LogP contribution in [0.15, 0.2) is 16.7 Å². The van der Waals surface area contributed by atoms with Gasteiger partial charge in [-0.2, -0.15) is 0 Å². The zero-order valence-electron chi connectivity index (χ0n) is 8.82. The number of amides is 1. The highest BCUT2D eigenvalue weighted by molar-refractivity contribution is 9.10. The minimum Gasteiger partial charge on any atom is -0.311 e. The third-order valence-electron chi connectivity index (χ3n) is 1.65. The molecule has 0 fully saturated rings. The molecule has 0 aliphatic carbocycles. The second-order valence-corrected chi connectivity index (χ2v) is 6.47. The smallest absolute Gasteiger partial charge is 0.222 e. The first-order chi connectivity index (χ1) is 7.28. The van der Waals surface area contributed by atoms with Crippen molar-refractivity contribution >= 4 is 37.5 Å². The van der Waals surface area contributed by atoms with Crippen LogP contribution in [0.3, 0.4) is 0 Å². The molecule has 1 aromatic heterocycles. The first kappa shape index (κ1) is 13.1. The van der Waals surface area contributed by atoms with Crippen LogP contribution in [0.1, 0.15) is 12.5 Å². The van der Waals surface area contributed by atoms with Gasteiger partial charge in [0.05, 0.1) is 5.75 Å². The lowest BCUT2D eigenvalue weighted by atomic mass is 10.3. The van der Waals surface area contributed by atoms with E-state index >= 15 is 0 Å². The summed E-state index contributed by atoms with van der Waals surface area (Å²) in [4.78, 5) is 14.9. The van der Waals surface area contributed by atoms with E-state index in [9.17, 15) is 13.2 Å². The number of halogens is 1. The summed E-state index contributed by atoms with van der Waals surface area (Å²) in [7, 11) is -3.16. The molecule has 0 bridgehead atoms. The van der Waals surface area contributed by atoms with Gasteiger partial charge in [0.1, 0.15) is 5.82 Å². The average molecular weight is 307 g/mol. The van der Waals surface area contributed by atoms with Crippen molar-refractivity contribution in [1.82, 2.24) is 4.98 Å². The van der Waals surface area contributed by atoms with Crippen LogP contribution in [0.25, 0.3) is 0 Å². The van der Waals surface area contributed by atoms with Crippen LogP contribution in [-0.2, 0) is 20.4 Å². The van der Waals surface area contributed by atoms with E-state index in [1.165, 1.54) is 13.1 Å². The van der Waals surface area contributed by atoms with Gasteiger partial charge in [0.25, 0.3) is 0 Å². The van der Waals surface area contributed by atoms with Gasteiger partial charge in [-0.05, 0) is 22.0 Å². The second-order valence-electron chi connectivity index (χ2n) is 3.41. The standard InChI is InChI=1S/C9H11BrN2O3S/c1-6(13)12-9-7(5-16(2,14)15)3-8(10)4-11-9/h3-4H,5H2,1-2H3,(H,11,12,13). The van der Waals surface area contributed by atoms with Crippen LogP contribution in [0, 0.1) is 0 Å². The molecule has 0 radical (unpaired) electrons. The molecule has 5 nitrogen and oxygen atoms in total. The van der Waals surface area contributed by atoms with Crippen molar-refractivity contribution in [2.24, 2.45) is 0 Å². The van der Waals surface area contributed by atoms with Crippen LogP contribution in [0.5, 0.6) is 0 Å². The Morgan fingerprint density at radius 3 is 2.69 bits per heavy atom. The van der Waals surface area contributed by atoms with Crippen molar-refractivity contribution in [3.05, 3.63) is 22.3 Å². The van der Waals surface area contributed by atoms with Gasteiger partial charge in [-0.25, -0.2) is 13.4 Å². The molecule has 1 aromatic rings. The molecule has 0 spiro atoms. The summed E-state index contributed by atoms with van der Waals surface area (Å²) >= 11 is 3.20. The molecule has 16 heavy (non-hydrogen) atoms. The van der Waals surface area contributed by atoms with E-state index < -0.39 is 9.84 Å². The molecule has 0 saturated carbocycles. The van der Waals surface area contributed by atoms with E-state index in [0.29, 0.717) is 10.0 Å². The lowest BCUT2D eigenvalue weighted by molar-refractivity contribution is -0.114. The number of carbonyl (C=O) groups excluding carboxylic acids is 1. The number of nitrogens with zero attached hydrogens (tertiary/aromatic N) is 1. The molecule has 1 N–H and O–H groups in total. The number of nitrogens with one attached hydrogen (secondary N) is 1. The van der Waals surface area contributed by atoms with Gasteiger partial charge in [0.15, 0.2) is 9.84 Å². The number of sulfone groups is 1. The molecule has 0 aliphatic rings. The Morgan fingerprint density at radius 1 is 1.56 bits per heavy atom. The first-order valence-corrected chi connectivity index (χ1v) is 7.23. The highest BCUT2D eigenvalue weighted by atomic mass is 79.9. The van der Waals surface area contributed by atoms with E-state index in [-0.39, 0.29) is 17.5 Å². The van der Waals surface area contributed by atoms with Crippen molar-refractivity contribution in [2.45, 2.75) is 12.7 Å².